The first kappa shape index (κ1) is 16.0. The van der Waals surface area contributed by atoms with Crippen molar-refractivity contribution in [1.29, 1.82) is 0 Å². The summed E-state index contributed by atoms with van der Waals surface area (Å²) in [7, 11) is 0. The Bertz CT molecular complexity index is 250. The third-order valence-corrected chi connectivity index (χ3v) is 3.92. The molecule has 0 spiro atoms. The van der Waals surface area contributed by atoms with Gasteiger partial charge in [-0.25, -0.2) is 0 Å². The van der Waals surface area contributed by atoms with Crippen LogP contribution in [0.25, 0.3) is 0 Å². The van der Waals surface area contributed by atoms with Crippen LogP contribution in [0.15, 0.2) is 0 Å². The molecule has 0 amide bonds. The molecule has 2 heteroatoms. The molecular weight excluding hydrogens is 220 g/mol. The summed E-state index contributed by atoms with van der Waals surface area (Å²) in [6.07, 6.45) is 2.62. The largest absolute Gasteiger partial charge is 0.314 e. The summed E-state index contributed by atoms with van der Waals surface area (Å²) in [5.74, 6) is 0.839. The number of nitrogens with zero attached hydrogens (tertiary/aromatic N) is 1. The van der Waals surface area contributed by atoms with Crippen LogP contribution in [-0.2, 0) is 0 Å². The van der Waals surface area contributed by atoms with E-state index < -0.39 is 0 Å². The second-order valence-electron chi connectivity index (χ2n) is 8.21. The molecule has 1 atom stereocenters. The lowest BCUT2D eigenvalue weighted by molar-refractivity contribution is 0.0976. The summed E-state index contributed by atoms with van der Waals surface area (Å²) in [5.41, 5.74) is 0.753. The van der Waals surface area contributed by atoms with E-state index in [0.29, 0.717) is 17.0 Å². The molecule has 1 rings (SSSR count). The number of nitrogens with one attached hydrogen (secondary N) is 1. The smallest absolute Gasteiger partial charge is 0.0158 e. The summed E-state index contributed by atoms with van der Waals surface area (Å²) in [5, 5.41) is 3.58. The number of rotatable bonds is 5. The maximum atomic E-state index is 3.58. The maximum absolute atomic E-state index is 3.58. The minimum Gasteiger partial charge on any atom is -0.314 e. The Kier molecular flexibility index (Phi) is 5.25. The highest BCUT2D eigenvalue weighted by Gasteiger charge is 2.35. The molecule has 2 nitrogen and oxygen atoms in total. The van der Waals surface area contributed by atoms with Crippen molar-refractivity contribution in [1.82, 2.24) is 10.2 Å². The fourth-order valence-electron chi connectivity index (χ4n) is 3.36. The van der Waals surface area contributed by atoms with Crippen molar-refractivity contribution in [2.75, 3.05) is 19.6 Å². The van der Waals surface area contributed by atoms with E-state index in [1.54, 1.807) is 0 Å². The monoisotopic (exact) mass is 254 g/mol. The van der Waals surface area contributed by atoms with Gasteiger partial charge in [0.1, 0.15) is 0 Å². The predicted octanol–water partition coefficient (Wildman–Crippen LogP) is 3.52. The first-order chi connectivity index (χ1) is 8.10. The van der Waals surface area contributed by atoms with Crippen molar-refractivity contribution in [2.24, 2.45) is 11.3 Å². The van der Waals surface area contributed by atoms with E-state index in [1.165, 1.54) is 32.5 Å². The van der Waals surface area contributed by atoms with E-state index in [9.17, 15) is 0 Å². The minimum absolute atomic E-state index is 0.338. The van der Waals surface area contributed by atoms with E-state index in [1.807, 2.05) is 0 Å². The number of hydrogen-bond acceptors (Lipinski definition) is 2. The zero-order valence-electron chi connectivity index (χ0n) is 13.6. The third kappa shape index (κ3) is 5.27. The van der Waals surface area contributed by atoms with Crippen LogP contribution >= 0.6 is 0 Å². The molecule has 0 aromatic carbocycles. The quantitative estimate of drug-likeness (QED) is 0.807. The highest BCUT2D eigenvalue weighted by molar-refractivity contribution is 4.91. The van der Waals surface area contributed by atoms with Gasteiger partial charge in [0.05, 0.1) is 0 Å². The molecule has 1 N–H and O–H groups in total. The zero-order valence-corrected chi connectivity index (χ0v) is 13.6. The second-order valence-corrected chi connectivity index (χ2v) is 8.21. The van der Waals surface area contributed by atoms with Gasteiger partial charge in [-0.15, -0.1) is 0 Å². The lowest BCUT2D eigenvalue weighted by Gasteiger charge is -2.40. The fraction of sp³-hybridized carbons (Fsp3) is 1.00. The van der Waals surface area contributed by atoms with Crippen LogP contribution in [-0.4, -0.2) is 36.1 Å². The molecule has 0 aromatic heterocycles. The molecule has 0 aromatic rings. The van der Waals surface area contributed by atoms with Crippen LogP contribution < -0.4 is 5.32 Å². The SMILES string of the molecule is CC(C)NCC1CCN(C(C)(C)CC(C)(C)C)C1. The minimum atomic E-state index is 0.338. The van der Waals surface area contributed by atoms with Crippen molar-refractivity contribution < 1.29 is 0 Å². The van der Waals surface area contributed by atoms with Crippen molar-refractivity contribution >= 4 is 0 Å². The maximum Gasteiger partial charge on any atom is 0.0158 e. The summed E-state index contributed by atoms with van der Waals surface area (Å²) in [6.45, 7) is 20.1. The molecule has 1 saturated heterocycles. The Morgan fingerprint density at radius 3 is 2.28 bits per heavy atom. The van der Waals surface area contributed by atoms with Gasteiger partial charge in [-0.1, -0.05) is 34.6 Å². The van der Waals surface area contributed by atoms with Crippen LogP contribution in [0.1, 0.15) is 61.3 Å². The zero-order chi connectivity index (χ0) is 14.0. The predicted molar refractivity (Wildman–Crippen MR) is 81.0 cm³/mol. The second kappa shape index (κ2) is 5.92. The lowest BCUT2D eigenvalue weighted by Crippen LogP contribution is -2.45. The van der Waals surface area contributed by atoms with Gasteiger partial charge in [-0.05, 0) is 51.1 Å². The van der Waals surface area contributed by atoms with Gasteiger partial charge >= 0.3 is 0 Å². The topological polar surface area (TPSA) is 15.3 Å². The van der Waals surface area contributed by atoms with Crippen LogP contribution in [0.5, 0.6) is 0 Å². The molecule has 1 fully saturated rings. The average Bonchev–Trinajstić information content (AvgIpc) is 2.59. The summed E-state index contributed by atoms with van der Waals surface area (Å²) < 4.78 is 0. The Morgan fingerprint density at radius 2 is 1.78 bits per heavy atom. The average molecular weight is 254 g/mol. The highest BCUT2D eigenvalue weighted by atomic mass is 15.2. The van der Waals surface area contributed by atoms with Crippen LogP contribution in [0.4, 0.5) is 0 Å². The van der Waals surface area contributed by atoms with E-state index in [-0.39, 0.29) is 0 Å². The van der Waals surface area contributed by atoms with Crippen LogP contribution in [0.2, 0.25) is 0 Å². The first-order valence-corrected chi connectivity index (χ1v) is 7.58. The standard InChI is InChI=1S/C16H34N2/c1-13(2)17-10-14-8-9-18(11-14)16(6,7)12-15(3,4)5/h13-14,17H,8-12H2,1-7H3. The molecule has 18 heavy (non-hydrogen) atoms. The molecule has 1 aliphatic heterocycles. The van der Waals surface area contributed by atoms with Gasteiger partial charge in [-0.3, -0.25) is 4.90 Å². The molecule has 0 radical (unpaired) electrons. The molecule has 0 bridgehead atoms. The number of hydrogen-bond donors (Lipinski definition) is 1. The molecule has 1 unspecified atom stereocenters. The van der Waals surface area contributed by atoms with Crippen molar-refractivity contribution in [3.8, 4) is 0 Å². The van der Waals surface area contributed by atoms with E-state index >= 15 is 0 Å². The Hall–Kier alpha value is -0.0800. The van der Waals surface area contributed by atoms with Gasteiger partial charge in [0, 0.05) is 18.1 Å². The Morgan fingerprint density at radius 1 is 1.17 bits per heavy atom. The Labute approximate surface area is 115 Å². The van der Waals surface area contributed by atoms with E-state index in [4.69, 9.17) is 0 Å². The molecule has 1 aliphatic rings. The van der Waals surface area contributed by atoms with E-state index in [0.717, 1.165) is 5.92 Å². The van der Waals surface area contributed by atoms with Gasteiger partial charge < -0.3 is 5.32 Å². The first-order valence-electron chi connectivity index (χ1n) is 7.58. The number of likely N-dealkylation sites (tertiary alicyclic amines) is 1. The summed E-state index contributed by atoms with van der Waals surface area (Å²) >= 11 is 0. The molecule has 1 heterocycles. The van der Waals surface area contributed by atoms with Crippen molar-refractivity contribution in [3.63, 3.8) is 0 Å². The van der Waals surface area contributed by atoms with Gasteiger partial charge in [0.15, 0.2) is 0 Å². The van der Waals surface area contributed by atoms with Gasteiger partial charge in [-0.2, -0.15) is 0 Å². The third-order valence-electron chi connectivity index (χ3n) is 3.92. The summed E-state index contributed by atoms with van der Waals surface area (Å²) in [4.78, 5) is 2.70. The summed E-state index contributed by atoms with van der Waals surface area (Å²) in [6, 6.07) is 0.613. The molecule has 0 aliphatic carbocycles. The van der Waals surface area contributed by atoms with E-state index in [2.05, 4.69) is 58.7 Å². The van der Waals surface area contributed by atoms with Crippen LogP contribution in [0.3, 0.4) is 0 Å². The van der Waals surface area contributed by atoms with Gasteiger partial charge in [0.25, 0.3) is 0 Å². The molecular formula is C16H34N2. The normalized spacial score (nSPS) is 23.0. The van der Waals surface area contributed by atoms with Crippen molar-refractivity contribution in [2.45, 2.75) is 72.9 Å². The van der Waals surface area contributed by atoms with Crippen LogP contribution in [0, 0.1) is 11.3 Å². The molecule has 0 saturated carbocycles. The van der Waals surface area contributed by atoms with Gasteiger partial charge in [0.2, 0.25) is 0 Å². The fourth-order valence-corrected chi connectivity index (χ4v) is 3.36. The molecule has 108 valence electrons. The van der Waals surface area contributed by atoms with Crippen molar-refractivity contribution in [3.05, 3.63) is 0 Å². The highest BCUT2D eigenvalue weighted by Crippen LogP contribution is 2.34. The Balaban J connectivity index is 2.45. The lowest BCUT2D eigenvalue weighted by atomic mass is 9.81.